The molecule has 0 saturated heterocycles. The van der Waals surface area contributed by atoms with Gasteiger partial charge in [-0.25, -0.2) is 4.98 Å². The third-order valence-electron chi connectivity index (χ3n) is 5.37. The van der Waals surface area contributed by atoms with E-state index in [4.69, 9.17) is 16.0 Å². The zero-order chi connectivity index (χ0) is 23.0. The standard InChI is InChI=1S/C27H23N5O/c28-17-20-7-4-6-19(16-20)13-15-31-27-23(25(26(29)33)22-10-5-14-30-18-22)11-12-24(32-27)21-8-2-1-3-9-21/h1-12,14,16,18,25H,13,15H2,(H2,29,33)(H,31,32). The van der Waals surface area contributed by atoms with Crippen LogP contribution in [0.1, 0.15) is 28.2 Å². The molecule has 6 heteroatoms. The SMILES string of the molecule is N#Cc1cccc(CCNc2nc(-c3ccccc3)ccc2C(C(N)=O)c2cccnc2)c1. The highest BCUT2D eigenvalue weighted by Crippen LogP contribution is 2.31. The van der Waals surface area contributed by atoms with E-state index in [2.05, 4.69) is 16.4 Å². The zero-order valence-electron chi connectivity index (χ0n) is 18.0. The second kappa shape index (κ2) is 10.2. The Bertz CT molecular complexity index is 1280. The summed E-state index contributed by atoms with van der Waals surface area (Å²) in [4.78, 5) is 21.5. The lowest BCUT2D eigenvalue weighted by Crippen LogP contribution is -2.24. The van der Waals surface area contributed by atoms with Crippen molar-refractivity contribution in [2.75, 3.05) is 11.9 Å². The van der Waals surface area contributed by atoms with Gasteiger partial charge in [-0.05, 0) is 41.8 Å². The first kappa shape index (κ1) is 21.7. The number of pyridine rings is 2. The van der Waals surface area contributed by atoms with E-state index >= 15 is 0 Å². The van der Waals surface area contributed by atoms with Gasteiger partial charge >= 0.3 is 0 Å². The van der Waals surface area contributed by atoms with E-state index in [0.29, 0.717) is 35.5 Å². The van der Waals surface area contributed by atoms with Gasteiger partial charge in [0.25, 0.3) is 0 Å². The largest absolute Gasteiger partial charge is 0.369 e. The molecule has 2 aromatic heterocycles. The lowest BCUT2D eigenvalue weighted by Gasteiger charge is -2.19. The van der Waals surface area contributed by atoms with E-state index in [1.165, 1.54) is 0 Å². The van der Waals surface area contributed by atoms with E-state index in [1.54, 1.807) is 24.5 Å². The molecule has 0 fully saturated rings. The van der Waals surface area contributed by atoms with Gasteiger partial charge in [0.1, 0.15) is 5.82 Å². The van der Waals surface area contributed by atoms with Gasteiger partial charge in [0.2, 0.25) is 5.91 Å². The van der Waals surface area contributed by atoms with Crippen molar-refractivity contribution in [2.45, 2.75) is 12.3 Å². The van der Waals surface area contributed by atoms with Gasteiger partial charge in [-0.2, -0.15) is 5.26 Å². The first-order chi connectivity index (χ1) is 16.2. The topological polar surface area (TPSA) is 105 Å². The highest BCUT2D eigenvalue weighted by Gasteiger charge is 2.24. The molecule has 1 unspecified atom stereocenters. The second-order valence-corrected chi connectivity index (χ2v) is 7.61. The number of nitrogens with one attached hydrogen (secondary N) is 1. The van der Waals surface area contributed by atoms with Crippen molar-refractivity contribution in [1.29, 1.82) is 5.26 Å². The molecule has 0 aliphatic rings. The fourth-order valence-corrected chi connectivity index (χ4v) is 3.78. The van der Waals surface area contributed by atoms with Gasteiger partial charge in [-0.15, -0.1) is 0 Å². The molecule has 0 radical (unpaired) electrons. The maximum absolute atomic E-state index is 12.5. The molecular formula is C27H23N5O. The lowest BCUT2D eigenvalue weighted by atomic mass is 9.91. The number of carbonyl (C=O) groups excluding carboxylic acids is 1. The minimum Gasteiger partial charge on any atom is -0.369 e. The summed E-state index contributed by atoms with van der Waals surface area (Å²) in [6.07, 6.45) is 4.00. The number of benzene rings is 2. The van der Waals surface area contributed by atoms with E-state index < -0.39 is 11.8 Å². The molecule has 0 aliphatic heterocycles. The fourth-order valence-electron chi connectivity index (χ4n) is 3.78. The van der Waals surface area contributed by atoms with E-state index in [0.717, 1.165) is 16.8 Å². The third kappa shape index (κ3) is 5.23. The summed E-state index contributed by atoms with van der Waals surface area (Å²) in [5.74, 6) is -0.553. The molecule has 0 bridgehead atoms. The Hall–Kier alpha value is -4.50. The Kier molecular flexibility index (Phi) is 6.72. The predicted octanol–water partition coefficient (Wildman–Crippen LogP) is 4.29. The minimum atomic E-state index is -0.680. The Morgan fingerprint density at radius 3 is 2.61 bits per heavy atom. The van der Waals surface area contributed by atoms with E-state index in [1.807, 2.05) is 66.7 Å². The van der Waals surface area contributed by atoms with Crippen LogP contribution in [0.2, 0.25) is 0 Å². The second-order valence-electron chi connectivity index (χ2n) is 7.61. The lowest BCUT2D eigenvalue weighted by molar-refractivity contribution is -0.118. The van der Waals surface area contributed by atoms with Crippen molar-refractivity contribution >= 4 is 11.7 Å². The molecule has 0 aliphatic carbocycles. The van der Waals surface area contributed by atoms with Crippen molar-refractivity contribution in [3.63, 3.8) is 0 Å². The molecule has 3 N–H and O–H groups in total. The van der Waals surface area contributed by atoms with Crippen LogP contribution in [-0.4, -0.2) is 22.4 Å². The van der Waals surface area contributed by atoms with Crippen LogP contribution in [0.5, 0.6) is 0 Å². The maximum atomic E-state index is 12.5. The van der Waals surface area contributed by atoms with Gasteiger partial charge in [0, 0.05) is 30.1 Å². The van der Waals surface area contributed by atoms with Gasteiger partial charge in [0.05, 0.1) is 23.2 Å². The number of hydrogen-bond acceptors (Lipinski definition) is 5. The normalized spacial score (nSPS) is 11.4. The zero-order valence-corrected chi connectivity index (χ0v) is 18.0. The number of nitriles is 1. The Labute approximate surface area is 192 Å². The first-order valence-corrected chi connectivity index (χ1v) is 10.6. The number of rotatable bonds is 8. The monoisotopic (exact) mass is 433 g/mol. The average Bonchev–Trinajstić information content (AvgIpc) is 2.86. The highest BCUT2D eigenvalue weighted by atomic mass is 16.1. The molecule has 4 rings (SSSR count). The quantitative estimate of drug-likeness (QED) is 0.431. The van der Waals surface area contributed by atoms with Crippen LogP contribution in [0.15, 0.2) is 91.3 Å². The molecule has 1 amide bonds. The smallest absolute Gasteiger partial charge is 0.229 e. The van der Waals surface area contributed by atoms with Gasteiger partial charge in [-0.1, -0.05) is 54.6 Å². The van der Waals surface area contributed by atoms with Crippen LogP contribution in [0.3, 0.4) is 0 Å². The number of amides is 1. The number of primary amides is 1. The summed E-state index contributed by atoms with van der Waals surface area (Å²) < 4.78 is 0. The summed E-state index contributed by atoms with van der Waals surface area (Å²) >= 11 is 0. The average molecular weight is 434 g/mol. The van der Waals surface area contributed by atoms with Crippen molar-refractivity contribution in [3.8, 4) is 17.3 Å². The van der Waals surface area contributed by atoms with Crippen LogP contribution in [-0.2, 0) is 11.2 Å². The first-order valence-electron chi connectivity index (χ1n) is 10.6. The Morgan fingerprint density at radius 2 is 1.88 bits per heavy atom. The molecule has 4 aromatic rings. The van der Waals surface area contributed by atoms with Gasteiger partial charge in [0.15, 0.2) is 0 Å². The molecule has 2 heterocycles. The number of nitrogens with zero attached hydrogens (tertiary/aromatic N) is 3. The fraction of sp³-hybridized carbons (Fsp3) is 0.111. The van der Waals surface area contributed by atoms with Crippen LogP contribution in [0, 0.1) is 11.3 Å². The molecule has 0 saturated carbocycles. The minimum absolute atomic E-state index is 0.470. The summed E-state index contributed by atoms with van der Waals surface area (Å²) in [6.45, 7) is 0.575. The van der Waals surface area contributed by atoms with Crippen LogP contribution < -0.4 is 11.1 Å². The molecular weight excluding hydrogens is 410 g/mol. The number of anilines is 1. The summed E-state index contributed by atoms with van der Waals surface area (Å²) in [6, 6.07) is 27.0. The summed E-state index contributed by atoms with van der Waals surface area (Å²) in [5.41, 5.74) is 10.7. The van der Waals surface area contributed by atoms with Gasteiger partial charge in [-0.3, -0.25) is 9.78 Å². The summed E-state index contributed by atoms with van der Waals surface area (Å²) in [7, 11) is 0. The van der Waals surface area contributed by atoms with E-state index in [-0.39, 0.29) is 0 Å². The number of aromatic nitrogens is 2. The highest BCUT2D eigenvalue weighted by molar-refractivity contribution is 5.87. The third-order valence-corrected chi connectivity index (χ3v) is 5.37. The predicted molar refractivity (Wildman–Crippen MR) is 128 cm³/mol. The van der Waals surface area contributed by atoms with Gasteiger partial charge < -0.3 is 11.1 Å². The van der Waals surface area contributed by atoms with Crippen LogP contribution in [0.4, 0.5) is 5.82 Å². The Balaban J connectivity index is 1.68. The van der Waals surface area contributed by atoms with Crippen molar-refractivity contribution in [2.24, 2.45) is 5.73 Å². The van der Waals surface area contributed by atoms with Crippen molar-refractivity contribution in [3.05, 3.63) is 114 Å². The molecule has 1 atom stereocenters. The van der Waals surface area contributed by atoms with Crippen molar-refractivity contribution < 1.29 is 4.79 Å². The number of nitrogens with two attached hydrogens (primary N) is 1. The Morgan fingerprint density at radius 1 is 1.03 bits per heavy atom. The molecule has 2 aromatic carbocycles. The number of hydrogen-bond donors (Lipinski definition) is 2. The van der Waals surface area contributed by atoms with Crippen LogP contribution in [0.25, 0.3) is 11.3 Å². The molecule has 162 valence electrons. The van der Waals surface area contributed by atoms with Crippen molar-refractivity contribution in [1.82, 2.24) is 9.97 Å². The molecule has 0 spiro atoms. The molecule has 33 heavy (non-hydrogen) atoms. The summed E-state index contributed by atoms with van der Waals surface area (Å²) in [5, 5.41) is 12.5. The number of carbonyl (C=O) groups is 1. The molecule has 6 nitrogen and oxygen atoms in total. The van der Waals surface area contributed by atoms with Crippen LogP contribution >= 0.6 is 0 Å². The van der Waals surface area contributed by atoms with E-state index in [9.17, 15) is 4.79 Å². The maximum Gasteiger partial charge on any atom is 0.229 e.